The lowest BCUT2D eigenvalue weighted by atomic mass is 10.1. The average Bonchev–Trinajstić information content (AvgIpc) is 2.33. The Morgan fingerprint density at radius 1 is 1.22 bits per heavy atom. The van der Waals surface area contributed by atoms with Gasteiger partial charge in [0, 0.05) is 20.6 Å². The summed E-state index contributed by atoms with van der Waals surface area (Å²) >= 11 is 11.6. The van der Waals surface area contributed by atoms with E-state index in [1.807, 2.05) is 0 Å². The standard InChI is InChI=1S/C11H13Cl2O4P/c1-16-18(15,17-2)7-9(14)5-8-3-4-10(12)11(13)6-8/h3-4,6H,5,7H2,1-2H3. The van der Waals surface area contributed by atoms with Crippen molar-refractivity contribution in [3.8, 4) is 0 Å². The second kappa shape index (κ2) is 6.69. The molecule has 0 saturated heterocycles. The van der Waals surface area contributed by atoms with Gasteiger partial charge >= 0.3 is 7.60 Å². The summed E-state index contributed by atoms with van der Waals surface area (Å²) in [5.41, 5.74) is 0.702. The molecule has 100 valence electrons. The van der Waals surface area contributed by atoms with Crippen LogP contribution in [-0.4, -0.2) is 26.2 Å². The summed E-state index contributed by atoms with van der Waals surface area (Å²) in [7, 11) is -0.811. The maximum atomic E-state index is 11.8. The molecule has 4 nitrogen and oxygen atoms in total. The van der Waals surface area contributed by atoms with Gasteiger partial charge in [0.1, 0.15) is 11.9 Å². The molecular formula is C11H13Cl2O4P. The molecule has 1 aromatic carbocycles. The fraction of sp³-hybridized carbons (Fsp3) is 0.364. The van der Waals surface area contributed by atoms with Crippen LogP contribution in [0.3, 0.4) is 0 Å². The Labute approximate surface area is 116 Å². The predicted octanol–water partition coefficient (Wildman–Crippen LogP) is 3.59. The molecular weight excluding hydrogens is 298 g/mol. The molecule has 18 heavy (non-hydrogen) atoms. The molecule has 7 heteroatoms. The van der Waals surface area contributed by atoms with E-state index >= 15 is 0 Å². The number of hydrogen-bond donors (Lipinski definition) is 0. The van der Waals surface area contributed by atoms with Crippen LogP contribution < -0.4 is 0 Å². The second-order valence-corrected chi connectivity index (χ2v) is 6.68. The van der Waals surface area contributed by atoms with Crippen molar-refractivity contribution < 1.29 is 18.4 Å². The van der Waals surface area contributed by atoms with E-state index in [2.05, 4.69) is 0 Å². The first-order valence-corrected chi connectivity index (χ1v) is 7.55. The molecule has 0 aliphatic heterocycles. The molecule has 0 bridgehead atoms. The monoisotopic (exact) mass is 310 g/mol. The van der Waals surface area contributed by atoms with E-state index in [0.717, 1.165) is 0 Å². The highest BCUT2D eigenvalue weighted by Gasteiger charge is 2.25. The Morgan fingerprint density at radius 2 is 1.83 bits per heavy atom. The van der Waals surface area contributed by atoms with Crippen LogP contribution in [0.2, 0.25) is 10.0 Å². The number of rotatable bonds is 6. The number of halogens is 2. The van der Waals surface area contributed by atoms with Crippen molar-refractivity contribution in [2.45, 2.75) is 6.42 Å². The van der Waals surface area contributed by atoms with Gasteiger partial charge in [-0.15, -0.1) is 0 Å². The largest absolute Gasteiger partial charge is 0.337 e. The van der Waals surface area contributed by atoms with Gasteiger partial charge < -0.3 is 9.05 Å². The highest BCUT2D eigenvalue weighted by Crippen LogP contribution is 2.46. The molecule has 0 amide bonds. The van der Waals surface area contributed by atoms with Crippen molar-refractivity contribution in [2.75, 3.05) is 20.4 Å². The zero-order chi connectivity index (χ0) is 13.8. The Kier molecular flexibility index (Phi) is 5.83. The minimum atomic E-state index is -3.30. The number of benzene rings is 1. The molecule has 0 atom stereocenters. The lowest BCUT2D eigenvalue weighted by Crippen LogP contribution is -2.10. The number of carbonyl (C=O) groups excluding carboxylic acids is 1. The van der Waals surface area contributed by atoms with Gasteiger partial charge in [-0.3, -0.25) is 9.36 Å². The van der Waals surface area contributed by atoms with Crippen LogP contribution in [-0.2, 0) is 24.8 Å². The molecule has 0 aliphatic carbocycles. The van der Waals surface area contributed by atoms with Gasteiger partial charge in [-0.1, -0.05) is 29.3 Å². The maximum absolute atomic E-state index is 11.8. The Hall–Kier alpha value is -0.380. The quantitative estimate of drug-likeness (QED) is 0.753. The zero-order valence-corrected chi connectivity index (χ0v) is 12.4. The van der Waals surface area contributed by atoms with Crippen LogP contribution in [0.15, 0.2) is 18.2 Å². The minimum absolute atomic E-state index is 0.105. The van der Waals surface area contributed by atoms with Crippen molar-refractivity contribution in [1.29, 1.82) is 0 Å². The van der Waals surface area contributed by atoms with Gasteiger partial charge in [-0.05, 0) is 17.7 Å². The third kappa shape index (κ3) is 4.38. The summed E-state index contributed by atoms with van der Waals surface area (Å²) in [5, 5.41) is 0.802. The molecule has 0 spiro atoms. The SMILES string of the molecule is COP(=O)(CC(=O)Cc1ccc(Cl)c(Cl)c1)OC. The number of hydrogen-bond acceptors (Lipinski definition) is 4. The van der Waals surface area contributed by atoms with Gasteiger partial charge in [0.25, 0.3) is 0 Å². The van der Waals surface area contributed by atoms with Gasteiger partial charge in [-0.25, -0.2) is 0 Å². The fourth-order valence-electron chi connectivity index (χ4n) is 1.35. The Balaban J connectivity index is 2.70. The molecule has 0 radical (unpaired) electrons. The summed E-state index contributed by atoms with van der Waals surface area (Å²) in [6.07, 6.45) is -0.159. The maximum Gasteiger partial charge on any atom is 0.337 e. The third-order valence-corrected chi connectivity index (χ3v) is 4.90. The van der Waals surface area contributed by atoms with E-state index in [4.69, 9.17) is 32.2 Å². The molecule has 0 N–H and O–H groups in total. The van der Waals surface area contributed by atoms with Gasteiger partial charge in [0.2, 0.25) is 0 Å². The van der Waals surface area contributed by atoms with Crippen molar-refractivity contribution in [3.05, 3.63) is 33.8 Å². The van der Waals surface area contributed by atoms with Crippen molar-refractivity contribution >= 4 is 36.6 Å². The van der Waals surface area contributed by atoms with E-state index < -0.39 is 7.60 Å². The highest BCUT2D eigenvalue weighted by atomic mass is 35.5. The summed E-state index contributed by atoms with van der Waals surface area (Å²) in [5.74, 6) is -0.250. The van der Waals surface area contributed by atoms with Gasteiger partial charge in [-0.2, -0.15) is 0 Å². The van der Waals surface area contributed by atoms with Crippen molar-refractivity contribution in [2.24, 2.45) is 0 Å². The summed E-state index contributed by atoms with van der Waals surface area (Å²) in [4.78, 5) is 11.7. The third-order valence-electron chi connectivity index (χ3n) is 2.31. The van der Waals surface area contributed by atoms with E-state index in [1.54, 1.807) is 18.2 Å². The first-order chi connectivity index (χ1) is 8.40. The number of carbonyl (C=O) groups is 1. The van der Waals surface area contributed by atoms with Gasteiger partial charge in [0.05, 0.1) is 10.0 Å². The Morgan fingerprint density at radius 3 is 2.33 bits per heavy atom. The smallest absolute Gasteiger partial charge is 0.312 e. The average molecular weight is 311 g/mol. The van der Waals surface area contributed by atoms with Crippen LogP contribution in [0, 0.1) is 0 Å². The molecule has 0 heterocycles. The van der Waals surface area contributed by atoms with Crippen molar-refractivity contribution in [1.82, 2.24) is 0 Å². The molecule has 0 saturated carbocycles. The molecule has 1 rings (SSSR count). The normalized spacial score (nSPS) is 11.6. The highest BCUT2D eigenvalue weighted by molar-refractivity contribution is 7.54. The van der Waals surface area contributed by atoms with Gasteiger partial charge in [0.15, 0.2) is 0 Å². The van der Waals surface area contributed by atoms with Crippen LogP contribution in [0.4, 0.5) is 0 Å². The van der Waals surface area contributed by atoms with E-state index in [9.17, 15) is 9.36 Å². The van der Waals surface area contributed by atoms with E-state index in [1.165, 1.54) is 14.2 Å². The zero-order valence-electron chi connectivity index (χ0n) is 9.98. The van der Waals surface area contributed by atoms with E-state index in [-0.39, 0.29) is 18.4 Å². The van der Waals surface area contributed by atoms with Crippen molar-refractivity contribution in [3.63, 3.8) is 0 Å². The van der Waals surface area contributed by atoms with Crippen LogP contribution in [0.1, 0.15) is 5.56 Å². The Bertz CT molecular complexity index is 482. The molecule has 1 aromatic rings. The summed E-state index contributed by atoms with van der Waals surface area (Å²) in [6, 6.07) is 4.90. The lowest BCUT2D eigenvalue weighted by Gasteiger charge is -2.12. The van der Waals surface area contributed by atoms with Crippen LogP contribution in [0.25, 0.3) is 0 Å². The van der Waals surface area contributed by atoms with Crippen LogP contribution >= 0.6 is 30.8 Å². The predicted molar refractivity (Wildman–Crippen MR) is 71.7 cm³/mol. The fourth-order valence-corrected chi connectivity index (χ4v) is 2.62. The summed E-state index contributed by atoms with van der Waals surface area (Å²) < 4.78 is 21.2. The molecule has 0 aromatic heterocycles. The van der Waals surface area contributed by atoms with E-state index in [0.29, 0.717) is 15.6 Å². The van der Waals surface area contributed by atoms with Crippen LogP contribution in [0.5, 0.6) is 0 Å². The lowest BCUT2D eigenvalue weighted by molar-refractivity contribution is -0.116. The summed E-state index contributed by atoms with van der Waals surface area (Å²) in [6.45, 7) is 0. The second-order valence-electron chi connectivity index (χ2n) is 3.60. The first-order valence-electron chi connectivity index (χ1n) is 5.06. The molecule has 0 aliphatic rings. The topological polar surface area (TPSA) is 52.6 Å². The number of ketones is 1. The molecule has 0 unspecified atom stereocenters. The minimum Gasteiger partial charge on any atom is -0.312 e. The molecule has 0 fully saturated rings. The number of Topliss-reactive ketones (excluding diaryl/α,β-unsaturated/α-hetero) is 1. The first kappa shape index (κ1) is 15.7.